The molecule has 1 saturated heterocycles. The Morgan fingerprint density at radius 2 is 0.933 bits per heavy atom. The first-order valence-corrected chi connectivity index (χ1v) is 11.6. The second-order valence-electron chi connectivity index (χ2n) is 6.76. The number of nitrogens with one attached hydrogen (secondary N) is 1. The van der Waals surface area contributed by atoms with E-state index in [0.717, 1.165) is 28.4 Å². The van der Waals surface area contributed by atoms with Crippen molar-refractivity contribution in [1.82, 2.24) is 5.32 Å². The summed E-state index contributed by atoms with van der Waals surface area (Å²) in [5.74, 6) is 2.67. The first-order valence-electron chi connectivity index (χ1n) is 9.71. The fraction of sp³-hybridized carbons (Fsp3) is 0.250. The van der Waals surface area contributed by atoms with Gasteiger partial charge in [0.05, 0.1) is 36.7 Å². The Labute approximate surface area is 186 Å². The molecule has 6 heteroatoms. The van der Waals surface area contributed by atoms with Crippen LogP contribution in [0.25, 0.3) is 0 Å². The highest BCUT2D eigenvalue weighted by molar-refractivity contribution is 8.17. The van der Waals surface area contributed by atoms with Crippen LogP contribution >= 0.6 is 23.5 Å². The summed E-state index contributed by atoms with van der Waals surface area (Å²) in [4.78, 5) is 0. The molecule has 2 atom stereocenters. The van der Waals surface area contributed by atoms with Gasteiger partial charge in [0.25, 0.3) is 0 Å². The fourth-order valence-electron chi connectivity index (χ4n) is 3.60. The molecule has 1 aliphatic rings. The molecule has 1 aliphatic heterocycles. The van der Waals surface area contributed by atoms with Gasteiger partial charge in [-0.3, -0.25) is 5.32 Å². The van der Waals surface area contributed by atoms with E-state index in [9.17, 15) is 0 Å². The molecule has 1 heterocycles. The zero-order valence-corrected chi connectivity index (χ0v) is 18.8. The van der Waals surface area contributed by atoms with Crippen LogP contribution in [0.2, 0.25) is 0 Å². The Balaban J connectivity index is 1.76. The Bertz CT molecular complexity index is 864. The smallest absolute Gasteiger partial charge is 0.124 e. The number of hydrogen-bond donors (Lipinski definition) is 1. The topological polar surface area (TPSA) is 39.7 Å². The zero-order valence-electron chi connectivity index (χ0n) is 17.2. The van der Waals surface area contributed by atoms with Crippen molar-refractivity contribution in [3.05, 3.63) is 89.5 Å². The molecule has 2 unspecified atom stereocenters. The van der Waals surface area contributed by atoms with Gasteiger partial charge >= 0.3 is 0 Å². The average Bonchev–Trinajstić information content (AvgIpc) is 2.83. The van der Waals surface area contributed by atoms with Crippen LogP contribution in [0, 0.1) is 0 Å². The van der Waals surface area contributed by atoms with E-state index in [0.29, 0.717) is 0 Å². The molecule has 0 bridgehead atoms. The summed E-state index contributed by atoms with van der Waals surface area (Å²) in [5, 5.41) is 3.89. The monoisotopic (exact) mass is 439 g/mol. The Morgan fingerprint density at radius 1 is 0.567 bits per heavy atom. The molecule has 4 rings (SSSR count). The van der Waals surface area contributed by atoms with Gasteiger partial charge in [-0.2, -0.15) is 0 Å². The highest BCUT2D eigenvalue weighted by atomic mass is 32.2. The summed E-state index contributed by atoms with van der Waals surface area (Å²) in [6.07, 6.45) is 0. The normalized spacial score (nSPS) is 21.1. The van der Waals surface area contributed by atoms with Crippen LogP contribution in [0.4, 0.5) is 0 Å². The lowest BCUT2D eigenvalue weighted by Crippen LogP contribution is -2.28. The van der Waals surface area contributed by atoms with E-state index in [1.165, 1.54) is 5.56 Å². The molecule has 3 aromatic carbocycles. The second-order valence-corrected chi connectivity index (χ2v) is 9.49. The summed E-state index contributed by atoms with van der Waals surface area (Å²) >= 11 is 3.72. The molecule has 0 aliphatic carbocycles. The van der Waals surface area contributed by atoms with Gasteiger partial charge in [-0.05, 0) is 18.2 Å². The van der Waals surface area contributed by atoms with Gasteiger partial charge in [0, 0.05) is 16.7 Å². The molecule has 4 nitrogen and oxygen atoms in total. The van der Waals surface area contributed by atoms with Crippen molar-refractivity contribution in [2.45, 2.75) is 15.3 Å². The van der Waals surface area contributed by atoms with Crippen molar-refractivity contribution < 1.29 is 14.2 Å². The lowest BCUT2D eigenvalue weighted by Gasteiger charge is -2.37. The third-order valence-electron chi connectivity index (χ3n) is 5.06. The van der Waals surface area contributed by atoms with Crippen LogP contribution in [0.1, 0.15) is 32.0 Å². The minimum atomic E-state index is 0.0484. The summed E-state index contributed by atoms with van der Waals surface area (Å²) in [7, 11) is 5.16. The largest absolute Gasteiger partial charge is 0.496 e. The predicted octanol–water partition coefficient (Wildman–Crippen LogP) is 6.18. The summed E-state index contributed by atoms with van der Waals surface area (Å²) in [6, 6.07) is 24.6. The van der Waals surface area contributed by atoms with E-state index in [1.807, 2.05) is 59.9 Å². The molecule has 0 radical (unpaired) electrons. The molecule has 1 N–H and O–H groups in total. The molecule has 0 amide bonds. The third-order valence-corrected chi connectivity index (χ3v) is 8.05. The first kappa shape index (κ1) is 21.0. The van der Waals surface area contributed by atoms with E-state index < -0.39 is 0 Å². The van der Waals surface area contributed by atoms with Crippen molar-refractivity contribution in [3.8, 4) is 17.2 Å². The van der Waals surface area contributed by atoms with Gasteiger partial charge in [-0.25, -0.2) is 0 Å². The van der Waals surface area contributed by atoms with Crippen molar-refractivity contribution in [1.29, 1.82) is 0 Å². The van der Waals surface area contributed by atoms with E-state index in [4.69, 9.17) is 14.2 Å². The van der Waals surface area contributed by atoms with E-state index in [-0.39, 0.29) is 15.3 Å². The molecular weight excluding hydrogens is 414 g/mol. The minimum absolute atomic E-state index is 0.0484. The maximum absolute atomic E-state index is 5.67. The van der Waals surface area contributed by atoms with E-state index in [2.05, 4.69) is 41.7 Å². The minimum Gasteiger partial charge on any atom is -0.496 e. The van der Waals surface area contributed by atoms with E-state index in [1.54, 1.807) is 21.3 Å². The molecular formula is C24H25NO3S2. The maximum atomic E-state index is 5.67. The molecule has 0 spiro atoms. The molecule has 156 valence electrons. The van der Waals surface area contributed by atoms with Gasteiger partial charge in [0.2, 0.25) is 0 Å². The predicted molar refractivity (Wildman–Crippen MR) is 126 cm³/mol. The lowest BCUT2D eigenvalue weighted by molar-refractivity contribution is 0.402. The van der Waals surface area contributed by atoms with Crippen molar-refractivity contribution in [2.24, 2.45) is 0 Å². The van der Waals surface area contributed by atoms with Crippen LogP contribution in [0.5, 0.6) is 17.2 Å². The van der Waals surface area contributed by atoms with Crippen LogP contribution in [0.15, 0.2) is 72.8 Å². The molecule has 30 heavy (non-hydrogen) atoms. The fourth-order valence-corrected chi connectivity index (χ4v) is 6.89. The van der Waals surface area contributed by atoms with Gasteiger partial charge in [-0.15, -0.1) is 23.5 Å². The zero-order chi connectivity index (χ0) is 20.9. The van der Waals surface area contributed by atoms with Gasteiger partial charge < -0.3 is 14.2 Å². The summed E-state index contributed by atoms with van der Waals surface area (Å²) in [5.41, 5.74) is 3.44. The number of thioether (sulfide) groups is 2. The number of ether oxygens (including phenoxy) is 3. The number of hydrogen-bond acceptors (Lipinski definition) is 6. The second kappa shape index (κ2) is 9.69. The number of rotatable bonds is 6. The first-order chi connectivity index (χ1) is 14.7. The van der Waals surface area contributed by atoms with E-state index >= 15 is 0 Å². The number of para-hydroxylation sites is 3. The molecule has 0 aromatic heterocycles. The molecule has 3 aromatic rings. The van der Waals surface area contributed by atoms with Crippen LogP contribution in [0.3, 0.4) is 0 Å². The van der Waals surface area contributed by atoms with Crippen LogP contribution in [-0.2, 0) is 0 Å². The summed E-state index contributed by atoms with van der Waals surface area (Å²) in [6.45, 7) is 0. The van der Waals surface area contributed by atoms with Gasteiger partial charge in [-0.1, -0.05) is 54.6 Å². The highest BCUT2D eigenvalue weighted by Crippen LogP contribution is 2.58. The van der Waals surface area contributed by atoms with Gasteiger partial charge in [0.15, 0.2) is 0 Å². The SMILES string of the molecule is COc1ccccc1C1NC(c2ccccc2OC)SC(c2ccccc2OC)S1. The maximum Gasteiger partial charge on any atom is 0.124 e. The Kier molecular flexibility index (Phi) is 6.77. The Morgan fingerprint density at radius 3 is 1.37 bits per heavy atom. The standard InChI is InChI=1S/C24H25NO3S2/c1-26-19-13-7-4-10-16(19)22-25-23(17-11-5-8-14-20(17)27-2)30-24(29-22)18-12-6-9-15-21(18)28-3/h4-15,22-25H,1-3H3. The van der Waals surface area contributed by atoms with Crippen LogP contribution in [-0.4, -0.2) is 21.3 Å². The van der Waals surface area contributed by atoms with Crippen molar-refractivity contribution >= 4 is 23.5 Å². The third kappa shape index (κ3) is 4.26. The average molecular weight is 440 g/mol. The Hall–Kier alpha value is -2.28. The van der Waals surface area contributed by atoms with Crippen molar-refractivity contribution in [2.75, 3.05) is 21.3 Å². The van der Waals surface area contributed by atoms with Crippen LogP contribution < -0.4 is 19.5 Å². The van der Waals surface area contributed by atoms with Gasteiger partial charge in [0.1, 0.15) is 17.2 Å². The molecule has 1 fully saturated rings. The van der Waals surface area contributed by atoms with Crippen molar-refractivity contribution in [3.63, 3.8) is 0 Å². The summed E-state index contributed by atoms with van der Waals surface area (Å²) < 4.78 is 17.2. The molecule has 0 saturated carbocycles. The lowest BCUT2D eigenvalue weighted by atomic mass is 10.1. The number of benzene rings is 3. The quantitative estimate of drug-likeness (QED) is 0.495. The highest BCUT2D eigenvalue weighted by Gasteiger charge is 2.35. The number of methoxy groups -OCH3 is 3.